The Hall–Kier alpha value is -4.46. The summed E-state index contributed by atoms with van der Waals surface area (Å²) in [5.41, 5.74) is 0.989. The molecule has 3 N–H and O–H groups in total. The molecule has 8 heteroatoms. The molecule has 0 saturated heterocycles. The van der Waals surface area contributed by atoms with Crippen LogP contribution in [0.1, 0.15) is 23.5 Å². The van der Waals surface area contributed by atoms with E-state index in [0.717, 1.165) is 0 Å². The number of hydrogen-bond donors (Lipinski definition) is 3. The fraction of sp³-hybridized carbons (Fsp3) is 0.120. The van der Waals surface area contributed by atoms with Crippen LogP contribution in [0.5, 0.6) is 28.7 Å². The summed E-state index contributed by atoms with van der Waals surface area (Å²) < 4.78 is 16.5. The van der Waals surface area contributed by atoms with E-state index in [2.05, 4.69) is 0 Å². The van der Waals surface area contributed by atoms with Crippen LogP contribution in [-0.4, -0.2) is 28.4 Å². The molecule has 0 radical (unpaired) electrons. The van der Waals surface area contributed by atoms with Gasteiger partial charge in [-0.15, -0.1) is 0 Å². The van der Waals surface area contributed by atoms with Crippen molar-refractivity contribution in [2.24, 2.45) is 0 Å². The lowest BCUT2D eigenvalue weighted by Crippen LogP contribution is -2.22. The molecular formula is C25H18O8. The molecule has 0 bridgehead atoms. The molecule has 0 amide bonds. The standard InChI is InChI=1S/C25H18O8/c1-31-19-6-5-13(8-16(19)27)20-10-17(28)24-18(29)11-21-23(25(24)33-20)15(9-22(30)32-21)12-3-2-4-14(26)7-12/h2-8,10-11,15,26-27,29H,9H2,1H3. The molecule has 1 aliphatic heterocycles. The number of benzene rings is 3. The fourth-order valence-electron chi connectivity index (χ4n) is 4.17. The highest BCUT2D eigenvalue weighted by atomic mass is 16.5. The maximum atomic E-state index is 13.0. The number of phenols is 3. The summed E-state index contributed by atoms with van der Waals surface area (Å²) in [5, 5.41) is 30.6. The molecule has 0 aliphatic carbocycles. The molecule has 2 heterocycles. The second-order valence-electron chi connectivity index (χ2n) is 7.70. The van der Waals surface area contributed by atoms with Crippen LogP contribution in [0.25, 0.3) is 22.3 Å². The lowest BCUT2D eigenvalue weighted by molar-refractivity contribution is -0.135. The van der Waals surface area contributed by atoms with Gasteiger partial charge in [0.15, 0.2) is 16.9 Å². The van der Waals surface area contributed by atoms with Gasteiger partial charge in [0.2, 0.25) is 0 Å². The zero-order valence-corrected chi connectivity index (χ0v) is 17.4. The van der Waals surface area contributed by atoms with Crippen LogP contribution < -0.4 is 14.9 Å². The highest BCUT2D eigenvalue weighted by Gasteiger charge is 2.33. The van der Waals surface area contributed by atoms with Gasteiger partial charge in [-0.1, -0.05) is 12.1 Å². The van der Waals surface area contributed by atoms with Gasteiger partial charge in [0, 0.05) is 29.2 Å². The minimum absolute atomic E-state index is 0.0203. The normalized spacial score (nSPS) is 15.2. The molecule has 1 atom stereocenters. The third kappa shape index (κ3) is 3.41. The SMILES string of the molecule is COc1ccc(-c2cc(=O)c3c(O)cc4c(c3o2)C(c2cccc(O)c2)CC(=O)O4)cc1O. The Morgan fingerprint density at radius 3 is 2.52 bits per heavy atom. The monoisotopic (exact) mass is 446 g/mol. The molecular weight excluding hydrogens is 428 g/mol. The average Bonchev–Trinajstić information content (AvgIpc) is 2.77. The number of fused-ring (bicyclic) bond motifs is 3. The van der Waals surface area contributed by atoms with Gasteiger partial charge in [-0.05, 0) is 35.9 Å². The molecule has 0 spiro atoms. The largest absolute Gasteiger partial charge is 0.508 e. The van der Waals surface area contributed by atoms with Crippen molar-refractivity contribution in [1.82, 2.24) is 0 Å². The first kappa shape index (κ1) is 20.4. The minimum Gasteiger partial charge on any atom is -0.508 e. The molecule has 4 aromatic rings. The highest BCUT2D eigenvalue weighted by Crippen LogP contribution is 2.46. The minimum atomic E-state index is -0.584. The molecule has 1 aliphatic rings. The van der Waals surface area contributed by atoms with Crippen molar-refractivity contribution in [3.05, 3.63) is 75.9 Å². The molecule has 1 unspecified atom stereocenters. The molecule has 166 valence electrons. The summed E-state index contributed by atoms with van der Waals surface area (Å²) in [4.78, 5) is 25.3. The van der Waals surface area contributed by atoms with E-state index in [4.69, 9.17) is 13.9 Å². The summed E-state index contributed by atoms with van der Waals surface area (Å²) in [7, 11) is 1.42. The molecule has 0 fully saturated rings. The van der Waals surface area contributed by atoms with Gasteiger partial charge in [-0.25, -0.2) is 0 Å². The van der Waals surface area contributed by atoms with Crippen molar-refractivity contribution >= 4 is 16.9 Å². The summed E-state index contributed by atoms with van der Waals surface area (Å²) in [6.07, 6.45) is -0.0480. The molecule has 8 nitrogen and oxygen atoms in total. The number of aromatic hydroxyl groups is 3. The van der Waals surface area contributed by atoms with E-state index in [1.165, 1.54) is 43.5 Å². The first-order valence-electron chi connectivity index (χ1n) is 10.1. The van der Waals surface area contributed by atoms with Crippen molar-refractivity contribution in [2.45, 2.75) is 12.3 Å². The first-order chi connectivity index (χ1) is 15.9. The zero-order chi connectivity index (χ0) is 23.3. The first-order valence-corrected chi connectivity index (χ1v) is 10.1. The van der Waals surface area contributed by atoms with E-state index in [9.17, 15) is 24.9 Å². The molecule has 1 aromatic heterocycles. The second-order valence-corrected chi connectivity index (χ2v) is 7.70. The maximum Gasteiger partial charge on any atom is 0.312 e. The summed E-state index contributed by atoms with van der Waals surface area (Å²) in [6, 6.07) is 13.4. The maximum absolute atomic E-state index is 13.0. The zero-order valence-electron chi connectivity index (χ0n) is 17.4. The van der Waals surface area contributed by atoms with Crippen LogP contribution in [0.2, 0.25) is 0 Å². The Labute approximate surface area is 186 Å². The number of esters is 1. The van der Waals surface area contributed by atoms with Crippen LogP contribution >= 0.6 is 0 Å². The lowest BCUT2D eigenvalue weighted by atomic mass is 9.85. The quantitative estimate of drug-likeness (QED) is 0.318. The highest BCUT2D eigenvalue weighted by molar-refractivity contribution is 5.93. The van der Waals surface area contributed by atoms with E-state index in [1.807, 2.05) is 0 Å². The van der Waals surface area contributed by atoms with E-state index in [-0.39, 0.29) is 51.9 Å². The predicted molar refractivity (Wildman–Crippen MR) is 118 cm³/mol. The fourth-order valence-corrected chi connectivity index (χ4v) is 4.17. The van der Waals surface area contributed by atoms with Gasteiger partial charge in [0.1, 0.15) is 34.0 Å². The molecule has 33 heavy (non-hydrogen) atoms. The number of hydrogen-bond acceptors (Lipinski definition) is 8. The Morgan fingerprint density at radius 2 is 1.79 bits per heavy atom. The summed E-state index contributed by atoms with van der Waals surface area (Å²) in [5.74, 6) is -1.13. The van der Waals surface area contributed by atoms with Crippen molar-refractivity contribution in [3.63, 3.8) is 0 Å². The predicted octanol–water partition coefficient (Wildman–Crippen LogP) is 4.03. The topological polar surface area (TPSA) is 126 Å². The summed E-state index contributed by atoms with van der Waals surface area (Å²) >= 11 is 0. The van der Waals surface area contributed by atoms with Crippen molar-refractivity contribution in [1.29, 1.82) is 0 Å². The van der Waals surface area contributed by atoms with Crippen LogP contribution in [0.4, 0.5) is 0 Å². The van der Waals surface area contributed by atoms with Gasteiger partial charge >= 0.3 is 5.97 Å². The Kier molecular flexibility index (Phi) is 4.70. The van der Waals surface area contributed by atoms with Crippen LogP contribution in [0.15, 0.2) is 63.8 Å². The third-order valence-corrected chi connectivity index (χ3v) is 5.66. The number of carbonyl (C=O) groups excluding carboxylic acids is 1. The Morgan fingerprint density at radius 1 is 0.970 bits per heavy atom. The second kappa shape index (κ2) is 7.59. The van der Waals surface area contributed by atoms with Crippen LogP contribution in [0, 0.1) is 0 Å². The van der Waals surface area contributed by atoms with E-state index in [0.29, 0.717) is 16.7 Å². The van der Waals surface area contributed by atoms with Gasteiger partial charge in [-0.2, -0.15) is 0 Å². The number of methoxy groups -OCH3 is 1. The van der Waals surface area contributed by atoms with Gasteiger partial charge in [0.25, 0.3) is 0 Å². The van der Waals surface area contributed by atoms with Crippen LogP contribution in [-0.2, 0) is 4.79 Å². The number of rotatable bonds is 3. The smallest absolute Gasteiger partial charge is 0.312 e. The lowest BCUT2D eigenvalue weighted by Gasteiger charge is -2.26. The Bertz CT molecular complexity index is 1480. The number of ether oxygens (including phenoxy) is 2. The summed E-state index contributed by atoms with van der Waals surface area (Å²) in [6.45, 7) is 0. The Balaban J connectivity index is 1.80. The van der Waals surface area contributed by atoms with E-state index in [1.54, 1.807) is 18.2 Å². The van der Waals surface area contributed by atoms with Crippen LogP contribution in [0.3, 0.4) is 0 Å². The number of phenolic OH excluding ortho intramolecular Hbond substituents is 3. The van der Waals surface area contributed by atoms with E-state index >= 15 is 0 Å². The van der Waals surface area contributed by atoms with Crippen molar-refractivity contribution in [2.75, 3.05) is 7.11 Å². The van der Waals surface area contributed by atoms with Crippen molar-refractivity contribution in [3.8, 4) is 40.1 Å². The van der Waals surface area contributed by atoms with E-state index < -0.39 is 17.3 Å². The molecule has 5 rings (SSSR count). The van der Waals surface area contributed by atoms with Gasteiger partial charge in [-0.3, -0.25) is 9.59 Å². The molecule has 0 saturated carbocycles. The third-order valence-electron chi connectivity index (χ3n) is 5.66. The van der Waals surface area contributed by atoms with Gasteiger partial charge < -0.3 is 29.2 Å². The number of carbonyl (C=O) groups is 1. The van der Waals surface area contributed by atoms with Gasteiger partial charge in [0.05, 0.1) is 13.5 Å². The van der Waals surface area contributed by atoms with Crippen molar-refractivity contribution < 1.29 is 34.0 Å². The molecule has 3 aromatic carbocycles. The average molecular weight is 446 g/mol.